The Morgan fingerprint density at radius 3 is 2.82 bits per heavy atom. The summed E-state index contributed by atoms with van der Waals surface area (Å²) in [5.41, 5.74) is 9.06. The molecular formula is C25H30N8. The fraction of sp³-hybridized carbons (Fsp3) is 0.360. The Kier molecular flexibility index (Phi) is 5.36. The van der Waals surface area contributed by atoms with E-state index in [-0.39, 0.29) is 0 Å². The topological polar surface area (TPSA) is 69.6 Å². The van der Waals surface area contributed by atoms with Crippen molar-refractivity contribution in [2.45, 2.75) is 46.2 Å². The molecule has 0 saturated heterocycles. The third-order valence-corrected chi connectivity index (χ3v) is 6.50. The second-order valence-electron chi connectivity index (χ2n) is 8.91. The normalized spacial score (nSPS) is 13.5. The van der Waals surface area contributed by atoms with Crippen LogP contribution in [0.15, 0.2) is 49.7 Å². The van der Waals surface area contributed by atoms with Crippen molar-refractivity contribution < 1.29 is 0 Å². The monoisotopic (exact) mass is 442 g/mol. The second-order valence-corrected chi connectivity index (χ2v) is 8.91. The van der Waals surface area contributed by atoms with E-state index in [0.717, 1.165) is 72.6 Å². The number of anilines is 1. The quantitative estimate of drug-likeness (QED) is 0.404. The minimum Gasteiger partial charge on any atom is -0.366 e. The van der Waals surface area contributed by atoms with Gasteiger partial charge >= 0.3 is 0 Å². The number of fused-ring (bicyclic) bond motifs is 2. The minimum absolute atomic E-state index is 0.745. The molecule has 0 aromatic carbocycles. The molecule has 0 saturated carbocycles. The molecule has 4 aromatic heterocycles. The Bertz CT molecular complexity index is 1340. The SMILES string of the molecule is C=C(CCC(=C)n1ccnc1)Cn1nc(C)c2c1CCN(c1cc(C)nc3c1cnn3C)C2. The highest BCUT2D eigenvalue weighted by atomic mass is 15.3. The molecule has 33 heavy (non-hydrogen) atoms. The van der Waals surface area contributed by atoms with Crippen LogP contribution in [0.25, 0.3) is 16.7 Å². The minimum atomic E-state index is 0.745. The summed E-state index contributed by atoms with van der Waals surface area (Å²) in [6.45, 7) is 15.2. The molecule has 4 aromatic rings. The zero-order valence-corrected chi connectivity index (χ0v) is 19.6. The van der Waals surface area contributed by atoms with E-state index in [2.05, 4.69) is 50.8 Å². The fourth-order valence-electron chi connectivity index (χ4n) is 4.67. The highest BCUT2D eigenvalue weighted by molar-refractivity contribution is 5.89. The lowest BCUT2D eigenvalue weighted by molar-refractivity contribution is 0.599. The van der Waals surface area contributed by atoms with Crippen molar-refractivity contribution in [1.82, 2.24) is 34.1 Å². The Hall–Kier alpha value is -3.68. The van der Waals surface area contributed by atoms with E-state index in [1.165, 1.54) is 16.9 Å². The first kappa shape index (κ1) is 21.2. The molecule has 5 heterocycles. The first-order chi connectivity index (χ1) is 15.9. The molecule has 1 aliphatic heterocycles. The molecule has 0 aliphatic carbocycles. The van der Waals surface area contributed by atoms with Crippen LogP contribution in [0.2, 0.25) is 0 Å². The maximum Gasteiger partial charge on any atom is 0.159 e. The van der Waals surface area contributed by atoms with E-state index in [0.29, 0.717) is 0 Å². The standard InChI is InChI=1S/C25H30N8/c1-17(6-7-19(3)32-11-9-26-16-32)14-33-23-8-10-31(15-22(23)20(4)29-33)24-12-18(2)28-25-21(24)13-27-30(25)5/h9,11-13,16H,1,3,6-8,10,14-15H2,2,4-5H3. The molecule has 0 amide bonds. The van der Waals surface area contributed by atoms with Crippen LogP contribution in [0.5, 0.6) is 0 Å². The van der Waals surface area contributed by atoms with Gasteiger partial charge in [0.05, 0.1) is 35.8 Å². The Balaban J connectivity index is 1.31. The largest absolute Gasteiger partial charge is 0.366 e. The fourth-order valence-corrected chi connectivity index (χ4v) is 4.67. The van der Waals surface area contributed by atoms with Crippen molar-refractivity contribution in [3.8, 4) is 0 Å². The number of hydrogen-bond donors (Lipinski definition) is 0. The van der Waals surface area contributed by atoms with Crippen LogP contribution in [0.3, 0.4) is 0 Å². The molecule has 0 unspecified atom stereocenters. The van der Waals surface area contributed by atoms with E-state index >= 15 is 0 Å². The van der Waals surface area contributed by atoms with E-state index in [9.17, 15) is 0 Å². The number of aromatic nitrogens is 7. The maximum absolute atomic E-state index is 4.88. The molecule has 0 fully saturated rings. The van der Waals surface area contributed by atoms with Crippen LogP contribution in [0.4, 0.5) is 5.69 Å². The van der Waals surface area contributed by atoms with Gasteiger partial charge in [-0.05, 0) is 32.8 Å². The number of hydrogen-bond acceptors (Lipinski definition) is 5. The molecule has 0 atom stereocenters. The van der Waals surface area contributed by atoms with Crippen LogP contribution >= 0.6 is 0 Å². The van der Waals surface area contributed by atoms with Crippen LogP contribution in [-0.4, -0.2) is 40.6 Å². The average Bonchev–Trinajstić information content (AvgIpc) is 3.53. The molecule has 0 radical (unpaired) electrons. The summed E-state index contributed by atoms with van der Waals surface area (Å²) < 4.78 is 5.96. The summed E-state index contributed by atoms with van der Waals surface area (Å²) in [6, 6.07) is 2.17. The van der Waals surface area contributed by atoms with Gasteiger partial charge in [0.25, 0.3) is 0 Å². The van der Waals surface area contributed by atoms with Gasteiger partial charge in [-0.25, -0.2) is 9.97 Å². The lowest BCUT2D eigenvalue weighted by atomic mass is 10.0. The lowest BCUT2D eigenvalue weighted by Crippen LogP contribution is -2.31. The van der Waals surface area contributed by atoms with Crippen LogP contribution in [0, 0.1) is 13.8 Å². The van der Waals surface area contributed by atoms with Crippen molar-refractivity contribution in [2.24, 2.45) is 7.05 Å². The van der Waals surface area contributed by atoms with Gasteiger partial charge in [-0.1, -0.05) is 18.7 Å². The second kappa shape index (κ2) is 8.35. The van der Waals surface area contributed by atoms with Gasteiger partial charge in [0.2, 0.25) is 0 Å². The smallest absolute Gasteiger partial charge is 0.159 e. The van der Waals surface area contributed by atoms with Crippen molar-refractivity contribution in [2.75, 3.05) is 11.4 Å². The predicted octanol–water partition coefficient (Wildman–Crippen LogP) is 4.05. The molecule has 5 rings (SSSR count). The van der Waals surface area contributed by atoms with Crippen LogP contribution in [-0.2, 0) is 26.6 Å². The summed E-state index contributed by atoms with van der Waals surface area (Å²) in [6.07, 6.45) is 10.1. The van der Waals surface area contributed by atoms with Gasteiger partial charge < -0.3 is 9.47 Å². The van der Waals surface area contributed by atoms with Crippen LogP contribution < -0.4 is 4.90 Å². The summed E-state index contributed by atoms with van der Waals surface area (Å²) in [4.78, 5) is 11.2. The van der Waals surface area contributed by atoms with Gasteiger partial charge in [0, 0.05) is 61.6 Å². The predicted molar refractivity (Wildman–Crippen MR) is 131 cm³/mol. The zero-order chi connectivity index (χ0) is 23.1. The Morgan fingerprint density at radius 2 is 2.03 bits per heavy atom. The van der Waals surface area contributed by atoms with Crippen molar-refractivity contribution in [3.05, 3.63) is 72.4 Å². The van der Waals surface area contributed by atoms with Crippen molar-refractivity contribution in [3.63, 3.8) is 0 Å². The molecule has 0 bridgehead atoms. The van der Waals surface area contributed by atoms with Crippen molar-refractivity contribution >= 4 is 22.4 Å². The zero-order valence-electron chi connectivity index (χ0n) is 19.6. The van der Waals surface area contributed by atoms with Gasteiger partial charge in [-0.2, -0.15) is 10.2 Å². The summed E-state index contributed by atoms with van der Waals surface area (Å²) >= 11 is 0. The van der Waals surface area contributed by atoms with Gasteiger partial charge in [0.1, 0.15) is 0 Å². The highest BCUT2D eigenvalue weighted by Gasteiger charge is 2.25. The molecule has 0 spiro atoms. The lowest BCUT2D eigenvalue weighted by Gasteiger charge is -2.30. The third-order valence-electron chi connectivity index (χ3n) is 6.50. The molecule has 8 heteroatoms. The van der Waals surface area contributed by atoms with Gasteiger partial charge in [0.15, 0.2) is 5.65 Å². The third kappa shape index (κ3) is 3.97. The van der Waals surface area contributed by atoms with E-state index in [1.807, 2.05) is 35.6 Å². The van der Waals surface area contributed by atoms with Crippen molar-refractivity contribution in [1.29, 1.82) is 0 Å². The first-order valence-electron chi connectivity index (χ1n) is 11.3. The average molecular weight is 443 g/mol. The number of aryl methyl sites for hydroxylation is 3. The number of imidazole rings is 1. The maximum atomic E-state index is 4.88. The Labute approximate surface area is 193 Å². The summed E-state index contributed by atoms with van der Waals surface area (Å²) in [5, 5.41) is 10.4. The highest BCUT2D eigenvalue weighted by Crippen LogP contribution is 2.32. The van der Waals surface area contributed by atoms with Crippen LogP contribution in [0.1, 0.15) is 35.5 Å². The molecular weight excluding hydrogens is 412 g/mol. The Morgan fingerprint density at radius 1 is 1.18 bits per heavy atom. The number of pyridine rings is 1. The number of nitrogens with zero attached hydrogens (tertiary/aromatic N) is 8. The first-order valence-corrected chi connectivity index (χ1v) is 11.3. The van der Waals surface area contributed by atoms with E-state index in [4.69, 9.17) is 5.10 Å². The molecule has 170 valence electrons. The van der Waals surface area contributed by atoms with Gasteiger partial charge in [-0.3, -0.25) is 9.36 Å². The van der Waals surface area contributed by atoms with E-state index < -0.39 is 0 Å². The number of allylic oxidation sites excluding steroid dienone is 2. The number of rotatable bonds is 7. The summed E-state index contributed by atoms with van der Waals surface area (Å²) in [5.74, 6) is 0. The van der Waals surface area contributed by atoms with E-state index in [1.54, 1.807) is 12.5 Å². The molecule has 0 N–H and O–H groups in total. The molecule has 8 nitrogen and oxygen atoms in total. The van der Waals surface area contributed by atoms with Gasteiger partial charge in [-0.15, -0.1) is 0 Å². The molecule has 1 aliphatic rings. The summed E-state index contributed by atoms with van der Waals surface area (Å²) in [7, 11) is 1.94.